The maximum atomic E-state index is 11.3. The fraction of sp³-hybridized carbons (Fsp3) is 0.125. The summed E-state index contributed by atoms with van der Waals surface area (Å²) in [5.74, 6) is 0.750. The highest BCUT2D eigenvalue weighted by molar-refractivity contribution is 5.90. The number of H-pyrrole nitrogens is 1. The van der Waals surface area contributed by atoms with Crippen LogP contribution < -0.4 is 5.32 Å². The van der Waals surface area contributed by atoms with Gasteiger partial charge in [0, 0.05) is 0 Å². The van der Waals surface area contributed by atoms with Crippen molar-refractivity contribution in [2.45, 2.75) is 6.42 Å². The summed E-state index contributed by atoms with van der Waals surface area (Å²) in [5, 5.41) is 8.65. The maximum absolute atomic E-state index is 11.3. The van der Waals surface area contributed by atoms with Crippen molar-refractivity contribution in [2.75, 3.05) is 5.32 Å². The molecule has 2 aromatic heterocycles. The third-order valence-electron chi connectivity index (χ3n) is 1.59. The van der Waals surface area contributed by atoms with Crippen molar-refractivity contribution in [3.63, 3.8) is 0 Å². The average molecular weight is 192 g/mol. The molecule has 6 heteroatoms. The Labute approximate surface area is 79.3 Å². The number of nitrogens with zero attached hydrogens (tertiary/aromatic N) is 2. The lowest BCUT2D eigenvalue weighted by Crippen LogP contribution is -2.14. The summed E-state index contributed by atoms with van der Waals surface area (Å²) in [4.78, 5) is 15.1. The first-order valence-corrected chi connectivity index (χ1v) is 4.02. The lowest BCUT2D eigenvalue weighted by Gasteiger charge is -1.97. The van der Waals surface area contributed by atoms with Crippen LogP contribution in [0.25, 0.3) is 0 Å². The molecule has 2 heterocycles. The van der Waals surface area contributed by atoms with Crippen LogP contribution >= 0.6 is 0 Å². The quantitative estimate of drug-likeness (QED) is 0.744. The summed E-state index contributed by atoms with van der Waals surface area (Å²) in [7, 11) is 0. The van der Waals surface area contributed by atoms with E-state index in [0.29, 0.717) is 11.7 Å². The number of furan rings is 1. The highest BCUT2D eigenvalue weighted by Gasteiger charge is 2.06. The minimum Gasteiger partial charge on any atom is -0.469 e. The molecule has 0 aliphatic rings. The second-order valence-electron chi connectivity index (χ2n) is 2.64. The zero-order valence-corrected chi connectivity index (χ0v) is 7.23. The van der Waals surface area contributed by atoms with Crippen molar-refractivity contribution in [3.8, 4) is 0 Å². The van der Waals surface area contributed by atoms with Gasteiger partial charge in [0.25, 0.3) is 0 Å². The third-order valence-corrected chi connectivity index (χ3v) is 1.59. The number of amides is 1. The number of hydrogen-bond acceptors (Lipinski definition) is 4. The molecule has 0 saturated heterocycles. The molecule has 0 aromatic carbocycles. The second-order valence-corrected chi connectivity index (χ2v) is 2.64. The number of aromatic amines is 1. The molecule has 0 saturated carbocycles. The first-order chi connectivity index (χ1) is 6.84. The third kappa shape index (κ3) is 1.98. The van der Waals surface area contributed by atoms with Gasteiger partial charge in [0.2, 0.25) is 11.9 Å². The van der Waals surface area contributed by atoms with E-state index >= 15 is 0 Å². The number of hydrogen-bond donors (Lipinski definition) is 2. The molecule has 0 atom stereocenters. The Hall–Kier alpha value is -2.11. The fourth-order valence-electron chi connectivity index (χ4n) is 1.01. The van der Waals surface area contributed by atoms with Gasteiger partial charge in [0.05, 0.1) is 12.7 Å². The molecule has 14 heavy (non-hydrogen) atoms. The average Bonchev–Trinajstić information content (AvgIpc) is 2.76. The molecular formula is C8H8N4O2. The molecule has 2 N–H and O–H groups in total. The van der Waals surface area contributed by atoms with Crippen LogP contribution in [0.5, 0.6) is 0 Å². The highest BCUT2D eigenvalue weighted by atomic mass is 16.3. The number of carbonyl (C=O) groups excluding carboxylic acids is 1. The summed E-state index contributed by atoms with van der Waals surface area (Å²) >= 11 is 0. The summed E-state index contributed by atoms with van der Waals surface area (Å²) < 4.78 is 5.02. The molecule has 1 amide bonds. The van der Waals surface area contributed by atoms with Crippen LogP contribution in [0.1, 0.15) is 5.76 Å². The normalized spacial score (nSPS) is 10.0. The Kier molecular flexibility index (Phi) is 2.26. The summed E-state index contributed by atoms with van der Waals surface area (Å²) in [6.45, 7) is 0. The van der Waals surface area contributed by atoms with Crippen LogP contribution in [0, 0.1) is 0 Å². The molecule has 0 radical (unpaired) electrons. The molecule has 2 aromatic rings. The first kappa shape index (κ1) is 8.49. The van der Waals surface area contributed by atoms with Gasteiger partial charge in [0.15, 0.2) is 0 Å². The molecule has 0 aliphatic heterocycles. The summed E-state index contributed by atoms with van der Waals surface area (Å²) in [6.07, 6.45) is 3.03. The zero-order valence-electron chi connectivity index (χ0n) is 7.23. The molecular weight excluding hydrogens is 184 g/mol. The highest BCUT2D eigenvalue weighted by Crippen LogP contribution is 2.02. The minimum absolute atomic E-state index is 0.188. The number of anilines is 1. The predicted octanol–water partition coefficient (Wildman–Crippen LogP) is 0.579. The molecule has 0 fully saturated rings. The minimum atomic E-state index is -0.197. The van der Waals surface area contributed by atoms with Crippen LogP contribution in [0.2, 0.25) is 0 Å². The van der Waals surface area contributed by atoms with Crippen LogP contribution in [-0.4, -0.2) is 21.1 Å². The van der Waals surface area contributed by atoms with Crippen molar-refractivity contribution in [2.24, 2.45) is 0 Å². The Morgan fingerprint density at radius 1 is 1.64 bits per heavy atom. The smallest absolute Gasteiger partial charge is 0.234 e. The number of rotatable bonds is 3. The van der Waals surface area contributed by atoms with E-state index in [9.17, 15) is 4.79 Å². The van der Waals surface area contributed by atoms with E-state index < -0.39 is 0 Å². The lowest BCUT2D eigenvalue weighted by molar-refractivity contribution is -0.115. The molecule has 72 valence electrons. The SMILES string of the molecule is O=C(Cc1ccco1)Nc1ncn[nH]1. The van der Waals surface area contributed by atoms with Crippen molar-refractivity contribution in [1.29, 1.82) is 0 Å². The van der Waals surface area contributed by atoms with Crippen molar-refractivity contribution < 1.29 is 9.21 Å². The number of aromatic nitrogens is 3. The van der Waals surface area contributed by atoms with Gasteiger partial charge in [-0.3, -0.25) is 10.1 Å². The van der Waals surface area contributed by atoms with E-state index in [-0.39, 0.29) is 12.3 Å². The van der Waals surface area contributed by atoms with Crippen molar-refractivity contribution in [3.05, 3.63) is 30.5 Å². The summed E-state index contributed by atoms with van der Waals surface area (Å²) in [6, 6.07) is 3.47. The Bertz CT molecular complexity index is 355. The van der Waals surface area contributed by atoms with E-state index in [1.165, 1.54) is 12.6 Å². The fourth-order valence-corrected chi connectivity index (χ4v) is 1.01. The lowest BCUT2D eigenvalue weighted by atomic mass is 10.3. The Balaban J connectivity index is 1.91. The largest absolute Gasteiger partial charge is 0.469 e. The molecule has 2 rings (SSSR count). The molecule has 0 aliphatic carbocycles. The van der Waals surface area contributed by atoms with Crippen molar-refractivity contribution in [1.82, 2.24) is 15.2 Å². The van der Waals surface area contributed by atoms with Gasteiger partial charge in [0.1, 0.15) is 12.1 Å². The van der Waals surface area contributed by atoms with E-state index in [2.05, 4.69) is 20.5 Å². The number of nitrogens with one attached hydrogen (secondary N) is 2. The van der Waals surface area contributed by atoms with E-state index in [0.717, 1.165) is 0 Å². The summed E-state index contributed by atoms with van der Waals surface area (Å²) in [5.41, 5.74) is 0. The van der Waals surface area contributed by atoms with Gasteiger partial charge in [-0.15, -0.1) is 0 Å². The van der Waals surface area contributed by atoms with E-state index in [1.807, 2.05) is 0 Å². The standard InChI is InChI=1S/C8H8N4O2/c13-7(4-6-2-1-3-14-6)11-8-9-5-10-12-8/h1-3,5H,4H2,(H2,9,10,11,12,13). The predicted molar refractivity (Wildman–Crippen MR) is 47.4 cm³/mol. The molecule has 6 nitrogen and oxygen atoms in total. The van der Waals surface area contributed by atoms with Gasteiger partial charge >= 0.3 is 0 Å². The van der Waals surface area contributed by atoms with Crippen LogP contribution in [0.3, 0.4) is 0 Å². The van der Waals surface area contributed by atoms with Crippen LogP contribution in [-0.2, 0) is 11.2 Å². The van der Waals surface area contributed by atoms with Gasteiger partial charge in [-0.2, -0.15) is 10.1 Å². The molecule has 0 bridgehead atoms. The van der Waals surface area contributed by atoms with Gasteiger partial charge < -0.3 is 4.42 Å². The topological polar surface area (TPSA) is 83.8 Å². The number of carbonyl (C=O) groups is 1. The van der Waals surface area contributed by atoms with Crippen molar-refractivity contribution >= 4 is 11.9 Å². The molecule has 0 spiro atoms. The first-order valence-electron chi connectivity index (χ1n) is 4.02. The zero-order chi connectivity index (χ0) is 9.80. The van der Waals surface area contributed by atoms with E-state index in [4.69, 9.17) is 4.42 Å². The van der Waals surface area contributed by atoms with Gasteiger partial charge in [-0.1, -0.05) is 0 Å². The second kappa shape index (κ2) is 3.73. The van der Waals surface area contributed by atoms with Crippen LogP contribution in [0.15, 0.2) is 29.1 Å². The monoisotopic (exact) mass is 192 g/mol. The maximum Gasteiger partial charge on any atom is 0.234 e. The van der Waals surface area contributed by atoms with Crippen LogP contribution in [0.4, 0.5) is 5.95 Å². The molecule has 0 unspecified atom stereocenters. The van der Waals surface area contributed by atoms with Gasteiger partial charge in [-0.05, 0) is 12.1 Å². The Morgan fingerprint density at radius 2 is 2.57 bits per heavy atom. The Morgan fingerprint density at radius 3 is 3.21 bits per heavy atom. The van der Waals surface area contributed by atoms with E-state index in [1.54, 1.807) is 12.1 Å². The van der Waals surface area contributed by atoms with Gasteiger partial charge in [-0.25, -0.2) is 5.10 Å².